The van der Waals surface area contributed by atoms with Gasteiger partial charge in [0.15, 0.2) is 0 Å². The van der Waals surface area contributed by atoms with Crippen LogP contribution in [0.4, 0.5) is 0 Å². The third-order valence-electron chi connectivity index (χ3n) is 2.62. The quantitative estimate of drug-likeness (QED) is 0.892. The van der Waals surface area contributed by atoms with E-state index in [1.54, 1.807) is 24.3 Å². The molecule has 2 aromatic carbocycles. The van der Waals surface area contributed by atoms with Crippen LogP contribution in [0.25, 0.3) is 0 Å². The minimum atomic E-state index is -0.818. The molecule has 0 fully saturated rings. The molecule has 3 nitrogen and oxygen atoms in total. The van der Waals surface area contributed by atoms with Gasteiger partial charge in [-0.1, -0.05) is 29.8 Å². The van der Waals surface area contributed by atoms with Gasteiger partial charge in [-0.2, -0.15) is 0 Å². The van der Waals surface area contributed by atoms with Crippen molar-refractivity contribution in [3.05, 3.63) is 59.1 Å². The number of benzene rings is 2. The Morgan fingerprint density at radius 2 is 1.79 bits per heavy atom. The largest absolute Gasteiger partial charge is 0.481 e. The van der Waals surface area contributed by atoms with E-state index in [1.165, 1.54) is 0 Å². The summed E-state index contributed by atoms with van der Waals surface area (Å²) in [6.45, 7) is 0. The van der Waals surface area contributed by atoms with Crippen molar-refractivity contribution in [2.75, 3.05) is 0 Å². The number of rotatable bonds is 5. The Bertz CT molecular complexity index is 564. The van der Waals surface area contributed by atoms with Gasteiger partial charge < -0.3 is 9.84 Å². The van der Waals surface area contributed by atoms with Gasteiger partial charge >= 0.3 is 5.97 Å². The molecule has 0 saturated heterocycles. The first-order valence-corrected chi connectivity index (χ1v) is 6.26. The van der Waals surface area contributed by atoms with Gasteiger partial charge in [0.2, 0.25) is 0 Å². The Morgan fingerprint density at radius 3 is 2.47 bits per heavy atom. The van der Waals surface area contributed by atoms with Gasteiger partial charge in [0.1, 0.15) is 11.5 Å². The minimum Gasteiger partial charge on any atom is -0.481 e. The predicted octanol–water partition coefficient (Wildman–Crippen LogP) is 4.15. The number of hydrogen-bond acceptors (Lipinski definition) is 2. The second-order valence-electron chi connectivity index (χ2n) is 4.06. The molecule has 1 N–H and O–H groups in total. The molecule has 0 amide bonds. The van der Waals surface area contributed by atoms with Crippen LogP contribution in [0.15, 0.2) is 48.5 Å². The van der Waals surface area contributed by atoms with Crippen LogP contribution in [0.2, 0.25) is 5.02 Å². The Kier molecular flexibility index (Phi) is 4.42. The van der Waals surface area contributed by atoms with Crippen molar-refractivity contribution in [2.45, 2.75) is 12.8 Å². The van der Waals surface area contributed by atoms with E-state index >= 15 is 0 Å². The number of carbonyl (C=O) groups is 1. The van der Waals surface area contributed by atoms with Crippen molar-refractivity contribution in [1.82, 2.24) is 0 Å². The first-order valence-electron chi connectivity index (χ1n) is 5.88. The highest BCUT2D eigenvalue weighted by Gasteiger charge is 2.06. The van der Waals surface area contributed by atoms with Crippen molar-refractivity contribution in [3.8, 4) is 11.5 Å². The number of halogens is 1. The minimum absolute atomic E-state index is 0.0843. The molecular formula is C15H13ClO3. The molecule has 0 aliphatic rings. The fourth-order valence-corrected chi connectivity index (χ4v) is 1.81. The standard InChI is InChI=1S/C15H13ClO3/c16-12-6-8-13(9-7-12)19-14-4-2-1-3-11(14)5-10-15(17)18/h1-4,6-9H,5,10H2,(H,17,18). The highest BCUT2D eigenvalue weighted by molar-refractivity contribution is 6.30. The van der Waals surface area contributed by atoms with E-state index in [1.807, 2.05) is 24.3 Å². The highest BCUT2D eigenvalue weighted by atomic mass is 35.5. The van der Waals surface area contributed by atoms with E-state index in [0.29, 0.717) is 22.9 Å². The average Bonchev–Trinajstić information content (AvgIpc) is 2.40. The molecule has 0 aliphatic carbocycles. The monoisotopic (exact) mass is 276 g/mol. The number of para-hydroxylation sites is 1. The second-order valence-corrected chi connectivity index (χ2v) is 4.49. The molecule has 2 rings (SSSR count). The molecule has 0 atom stereocenters. The van der Waals surface area contributed by atoms with Crippen molar-refractivity contribution in [1.29, 1.82) is 0 Å². The zero-order chi connectivity index (χ0) is 13.7. The van der Waals surface area contributed by atoms with Gasteiger partial charge in [-0.3, -0.25) is 4.79 Å². The molecule has 4 heteroatoms. The number of carboxylic acids is 1. The van der Waals surface area contributed by atoms with Crippen LogP contribution in [-0.2, 0) is 11.2 Å². The number of aliphatic carboxylic acids is 1. The van der Waals surface area contributed by atoms with Crippen LogP contribution in [-0.4, -0.2) is 11.1 Å². The smallest absolute Gasteiger partial charge is 0.303 e. The molecule has 19 heavy (non-hydrogen) atoms. The summed E-state index contributed by atoms with van der Waals surface area (Å²) in [4.78, 5) is 10.6. The Balaban J connectivity index is 2.15. The zero-order valence-electron chi connectivity index (χ0n) is 10.2. The first-order chi connectivity index (χ1) is 9.15. The van der Waals surface area contributed by atoms with E-state index in [4.69, 9.17) is 21.4 Å². The molecule has 0 heterocycles. The highest BCUT2D eigenvalue weighted by Crippen LogP contribution is 2.27. The molecular weight excluding hydrogens is 264 g/mol. The van der Waals surface area contributed by atoms with E-state index in [0.717, 1.165) is 5.56 Å². The summed E-state index contributed by atoms with van der Waals surface area (Å²) in [5, 5.41) is 9.38. The summed E-state index contributed by atoms with van der Waals surface area (Å²) in [6.07, 6.45) is 0.528. The van der Waals surface area contributed by atoms with Gasteiger partial charge in [-0.25, -0.2) is 0 Å². The lowest BCUT2D eigenvalue weighted by Crippen LogP contribution is -1.99. The second kappa shape index (κ2) is 6.25. The maximum Gasteiger partial charge on any atom is 0.303 e. The summed E-state index contributed by atoms with van der Waals surface area (Å²) < 4.78 is 5.75. The molecule has 0 saturated carbocycles. The van der Waals surface area contributed by atoms with Crippen LogP contribution in [0, 0.1) is 0 Å². The number of aryl methyl sites for hydroxylation is 1. The molecule has 0 aromatic heterocycles. The lowest BCUT2D eigenvalue weighted by molar-refractivity contribution is -0.136. The summed E-state index contributed by atoms with van der Waals surface area (Å²) in [5.74, 6) is 0.527. The maximum absolute atomic E-state index is 10.6. The molecule has 0 unspecified atom stereocenters. The summed E-state index contributed by atoms with van der Waals surface area (Å²) in [6, 6.07) is 14.5. The molecule has 0 radical (unpaired) electrons. The molecule has 98 valence electrons. The topological polar surface area (TPSA) is 46.5 Å². The van der Waals surface area contributed by atoms with Crippen LogP contribution < -0.4 is 4.74 Å². The lowest BCUT2D eigenvalue weighted by Gasteiger charge is -2.10. The predicted molar refractivity (Wildman–Crippen MR) is 73.9 cm³/mol. The molecule has 0 bridgehead atoms. The third kappa shape index (κ3) is 4.00. The molecule has 2 aromatic rings. The van der Waals surface area contributed by atoms with Gasteiger partial charge in [0.05, 0.1) is 0 Å². The van der Waals surface area contributed by atoms with Crippen LogP contribution in [0.5, 0.6) is 11.5 Å². The van der Waals surface area contributed by atoms with Crippen LogP contribution in [0.1, 0.15) is 12.0 Å². The van der Waals surface area contributed by atoms with E-state index in [2.05, 4.69) is 0 Å². The average molecular weight is 277 g/mol. The number of carboxylic acid groups (broad SMARTS) is 1. The number of ether oxygens (including phenoxy) is 1. The Labute approximate surface area is 116 Å². The SMILES string of the molecule is O=C(O)CCc1ccccc1Oc1ccc(Cl)cc1. The summed E-state index contributed by atoms with van der Waals surface area (Å²) in [7, 11) is 0. The number of hydrogen-bond donors (Lipinski definition) is 1. The van der Waals surface area contributed by atoms with Gasteiger partial charge in [-0.05, 0) is 42.3 Å². The summed E-state index contributed by atoms with van der Waals surface area (Å²) >= 11 is 5.81. The van der Waals surface area contributed by atoms with Crippen molar-refractivity contribution >= 4 is 17.6 Å². The van der Waals surface area contributed by atoms with E-state index < -0.39 is 5.97 Å². The lowest BCUT2D eigenvalue weighted by atomic mass is 10.1. The van der Waals surface area contributed by atoms with E-state index in [9.17, 15) is 4.79 Å². The normalized spacial score (nSPS) is 10.2. The fraction of sp³-hybridized carbons (Fsp3) is 0.133. The van der Waals surface area contributed by atoms with Gasteiger partial charge in [-0.15, -0.1) is 0 Å². The van der Waals surface area contributed by atoms with Crippen molar-refractivity contribution < 1.29 is 14.6 Å². The summed E-state index contributed by atoms with van der Waals surface area (Å²) in [5.41, 5.74) is 0.875. The van der Waals surface area contributed by atoms with Crippen molar-refractivity contribution in [3.63, 3.8) is 0 Å². The Hall–Kier alpha value is -2.00. The first kappa shape index (κ1) is 13.4. The fourth-order valence-electron chi connectivity index (χ4n) is 1.68. The van der Waals surface area contributed by atoms with Crippen molar-refractivity contribution in [2.24, 2.45) is 0 Å². The van der Waals surface area contributed by atoms with E-state index in [-0.39, 0.29) is 6.42 Å². The van der Waals surface area contributed by atoms with Gasteiger partial charge in [0, 0.05) is 11.4 Å². The van der Waals surface area contributed by atoms with Gasteiger partial charge in [0.25, 0.3) is 0 Å². The molecule has 0 aliphatic heterocycles. The third-order valence-corrected chi connectivity index (χ3v) is 2.87. The van der Waals surface area contributed by atoms with Crippen LogP contribution in [0.3, 0.4) is 0 Å². The zero-order valence-corrected chi connectivity index (χ0v) is 10.9. The Morgan fingerprint density at radius 1 is 1.11 bits per heavy atom. The molecule has 0 spiro atoms. The maximum atomic E-state index is 10.6. The van der Waals surface area contributed by atoms with Crippen LogP contribution >= 0.6 is 11.6 Å².